The third-order valence-corrected chi connectivity index (χ3v) is 3.73. The molecule has 2 heterocycles. The number of hydrogen-bond acceptors (Lipinski definition) is 5. The minimum atomic E-state index is -0.251. The first kappa shape index (κ1) is 15.3. The molecule has 0 aromatic carbocycles. The van der Waals surface area contributed by atoms with Crippen LogP contribution in [0.3, 0.4) is 0 Å². The van der Waals surface area contributed by atoms with E-state index in [0.29, 0.717) is 13.2 Å². The van der Waals surface area contributed by atoms with E-state index in [2.05, 4.69) is 48.1 Å². The number of carbonyl (C=O) groups is 1. The molecule has 0 fully saturated rings. The number of nitrogens with zero attached hydrogens (tertiary/aromatic N) is 2. The molecule has 1 N–H and O–H groups in total. The summed E-state index contributed by atoms with van der Waals surface area (Å²) in [5.41, 5.74) is 2.61. The van der Waals surface area contributed by atoms with Crippen molar-refractivity contribution >= 4 is 59.8 Å². The third kappa shape index (κ3) is 3.93. The summed E-state index contributed by atoms with van der Waals surface area (Å²) in [6.07, 6.45) is 4.29. The zero-order valence-electron chi connectivity index (χ0n) is 10.9. The molecule has 0 atom stereocenters. The van der Waals surface area contributed by atoms with Crippen molar-refractivity contribution in [2.45, 2.75) is 13.3 Å². The first-order valence-electron chi connectivity index (χ1n) is 6.08. The van der Waals surface area contributed by atoms with Gasteiger partial charge in [0.1, 0.15) is 0 Å². The van der Waals surface area contributed by atoms with Gasteiger partial charge in [-0.1, -0.05) is 0 Å². The Morgan fingerprint density at radius 1 is 1.45 bits per heavy atom. The molecule has 5 nitrogen and oxygen atoms in total. The molecule has 2 aromatic heterocycles. The Balaban J connectivity index is 2.08. The topological polar surface area (TPSA) is 64.1 Å². The summed E-state index contributed by atoms with van der Waals surface area (Å²) < 4.78 is 6.77. The Kier molecular flexibility index (Phi) is 5.37. The van der Waals surface area contributed by atoms with Crippen LogP contribution in [0, 0.1) is 0 Å². The number of carbonyl (C=O) groups excluding carboxylic acids is 1. The van der Waals surface area contributed by atoms with Crippen LogP contribution in [0.2, 0.25) is 0 Å². The number of ether oxygens (including phenoxy) is 1. The standard InChI is InChI=1S/C13H13AsBrN3O2/c1-8(19)20-4-2-3-16-12-10(14)7-17-11-5-9(15)6-18-13(11)12/h5-7H,2-4H2,1H3,(H,16,17). The van der Waals surface area contributed by atoms with Crippen molar-refractivity contribution in [1.82, 2.24) is 9.97 Å². The van der Waals surface area contributed by atoms with Gasteiger partial charge < -0.3 is 0 Å². The van der Waals surface area contributed by atoms with Gasteiger partial charge in [0.25, 0.3) is 0 Å². The second kappa shape index (κ2) is 7.04. The van der Waals surface area contributed by atoms with Crippen LogP contribution in [0.1, 0.15) is 13.3 Å². The average molecular weight is 398 g/mol. The molecule has 2 radical (unpaired) electrons. The van der Waals surface area contributed by atoms with Gasteiger partial charge >= 0.3 is 134 Å². The van der Waals surface area contributed by atoms with Gasteiger partial charge in [0, 0.05) is 0 Å². The molecule has 20 heavy (non-hydrogen) atoms. The zero-order chi connectivity index (χ0) is 14.5. The van der Waals surface area contributed by atoms with Crippen LogP contribution in [0.25, 0.3) is 11.0 Å². The first-order valence-corrected chi connectivity index (χ1v) is 7.81. The summed E-state index contributed by atoms with van der Waals surface area (Å²) in [5.74, 6) is -0.251. The van der Waals surface area contributed by atoms with Crippen molar-refractivity contribution < 1.29 is 9.53 Å². The van der Waals surface area contributed by atoms with Gasteiger partial charge in [-0.3, -0.25) is 0 Å². The van der Waals surface area contributed by atoms with Crippen LogP contribution in [-0.2, 0) is 9.53 Å². The van der Waals surface area contributed by atoms with Crippen molar-refractivity contribution in [3.05, 3.63) is 22.9 Å². The van der Waals surface area contributed by atoms with Gasteiger partial charge in [0.2, 0.25) is 0 Å². The number of pyridine rings is 2. The third-order valence-electron chi connectivity index (χ3n) is 2.58. The normalized spacial score (nSPS) is 10.6. The van der Waals surface area contributed by atoms with E-state index in [9.17, 15) is 4.79 Å². The summed E-state index contributed by atoms with van der Waals surface area (Å²) in [7, 11) is 0. The molecule has 0 spiro atoms. The van der Waals surface area contributed by atoms with Crippen molar-refractivity contribution in [1.29, 1.82) is 0 Å². The van der Waals surface area contributed by atoms with Gasteiger partial charge in [-0.15, -0.1) is 0 Å². The van der Waals surface area contributed by atoms with E-state index in [4.69, 9.17) is 4.74 Å². The predicted octanol–water partition coefficient (Wildman–Crippen LogP) is 1.55. The second-order valence-corrected chi connectivity index (χ2v) is 6.09. The van der Waals surface area contributed by atoms with Gasteiger partial charge in [-0.05, 0) is 0 Å². The Hall–Kier alpha value is -1.13. The molecule has 0 saturated carbocycles. The van der Waals surface area contributed by atoms with Crippen LogP contribution >= 0.6 is 15.9 Å². The molecule has 2 aromatic rings. The number of fused-ring (bicyclic) bond motifs is 1. The molecular weight excluding hydrogens is 385 g/mol. The molecule has 0 bridgehead atoms. The van der Waals surface area contributed by atoms with Gasteiger partial charge in [0.15, 0.2) is 0 Å². The van der Waals surface area contributed by atoms with Crippen LogP contribution in [-0.4, -0.2) is 45.9 Å². The van der Waals surface area contributed by atoms with Crippen LogP contribution in [0.4, 0.5) is 5.69 Å². The van der Waals surface area contributed by atoms with E-state index in [1.807, 2.05) is 6.07 Å². The zero-order valence-corrected chi connectivity index (χ0v) is 14.4. The molecule has 7 heteroatoms. The number of rotatable bonds is 5. The monoisotopic (exact) mass is 397 g/mol. The van der Waals surface area contributed by atoms with Crippen molar-refractivity contribution in [2.75, 3.05) is 18.5 Å². The molecule has 104 valence electrons. The molecule has 0 amide bonds. The van der Waals surface area contributed by atoms with Crippen LogP contribution in [0.5, 0.6) is 0 Å². The van der Waals surface area contributed by atoms with Crippen molar-refractivity contribution in [3.8, 4) is 0 Å². The fraction of sp³-hybridized carbons (Fsp3) is 0.308. The predicted molar refractivity (Wildman–Crippen MR) is 82.4 cm³/mol. The van der Waals surface area contributed by atoms with Gasteiger partial charge in [0.05, 0.1) is 0 Å². The summed E-state index contributed by atoms with van der Waals surface area (Å²) in [5, 5.41) is 3.32. The Bertz CT molecular complexity index is 636. The summed E-state index contributed by atoms with van der Waals surface area (Å²) in [6, 6.07) is 1.93. The molecular formula is C13H13AsBrN3O2. The number of nitrogens with one attached hydrogen (secondary N) is 1. The SMILES string of the molecule is CC(=O)OCCCNc1c([As])cnc2cc(Br)cnc12. The van der Waals surface area contributed by atoms with E-state index in [0.717, 1.165) is 32.0 Å². The molecule has 2 rings (SSSR count). The van der Waals surface area contributed by atoms with E-state index >= 15 is 0 Å². The Labute approximate surface area is 134 Å². The molecule has 0 unspecified atom stereocenters. The molecule has 0 aliphatic rings. The fourth-order valence-electron chi connectivity index (χ4n) is 1.71. The average Bonchev–Trinajstić information content (AvgIpc) is 2.40. The van der Waals surface area contributed by atoms with E-state index in [-0.39, 0.29) is 5.97 Å². The fourth-order valence-corrected chi connectivity index (χ4v) is 2.54. The van der Waals surface area contributed by atoms with Crippen LogP contribution in [0.15, 0.2) is 22.9 Å². The van der Waals surface area contributed by atoms with E-state index in [1.54, 1.807) is 12.4 Å². The number of aromatic nitrogens is 2. The second-order valence-electron chi connectivity index (χ2n) is 4.16. The van der Waals surface area contributed by atoms with Gasteiger partial charge in [-0.2, -0.15) is 0 Å². The quantitative estimate of drug-likeness (QED) is 0.471. The summed E-state index contributed by atoms with van der Waals surface area (Å²) in [4.78, 5) is 19.4. The molecule has 0 aliphatic heterocycles. The number of anilines is 1. The van der Waals surface area contributed by atoms with Crippen molar-refractivity contribution in [2.24, 2.45) is 0 Å². The Morgan fingerprint density at radius 3 is 3.00 bits per heavy atom. The first-order chi connectivity index (χ1) is 9.58. The Morgan fingerprint density at radius 2 is 2.25 bits per heavy atom. The van der Waals surface area contributed by atoms with E-state index in [1.165, 1.54) is 6.92 Å². The van der Waals surface area contributed by atoms with E-state index < -0.39 is 0 Å². The minimum absolute atomic E-state index is 0.251. The number of halogens is 1. The maximum absolute atomic E-state index is 10.7. The van der Waals surface area contributed by atoms with Gasteiger partial charge in [-0.25, -0.2) is 0 Å². The van der Waals surface area contributed by atoms with Crippen molar-refractivity contribution in [3.63, 3.8) is 0 Å². The number of esters is 1. The molecule has 0 aliphatic carbocycles. The summed E-state index contributed by atoms with van der Waals surface area (Å²) >= 11 is 5.87. The maximum atomic E-state index is 10.7. The molecule has 0 saturated heterocycles. The van der Waals surface area contributed by atoms with Crippen LogP contribution < -0.4 is 9.67 Å². The summed E-state index contributed by atoms with van der Waals surface area (Å²) in [6.45, 7) is 2.53. The number of hydrogen-bond donors (Lipinski definition) is 1.